The predicted molar refractivity (Wildman–Crippen MR) is 113 cm³/mol. The molecule has 3 aromatic rings. The molecule has 3 heterocycles. The van der Waals surface area contributed by atoms with Gasteiger partial charge in [-0.25, -0.2) is 10.1 Å². The van der Waals surface area contributed by atoms with Crippen molar-refractivity contribution in [2.45, 2.75) is 26.2 Å². The number of methoxy groups -OCH3 is 1. The molecule has 30 heavy (non-hydrogen) atoms. The van der Waals surface area contributed by atoms with E-state index in [1.165, 1.54) is 38.8 Å². The number of hydrogen-bond acceptors (Lipinski definition) is 7. The van der Waals surface area contributed by atoms with E-state index >= 15 is 0 Å². The first-order valence-corrected chi connectivity index (χ1v) is 10.2. The molecule has 10 heteroatoms. The maximum atomic E-state index is 12.6. The Morgan fingerprint density at radius 3 is 2.60 bits per heavy atom. The van der Waals surface area contributed by atoms with Crippen molar-refractivity contribution in [1.82, 2.24) is 20.2 Å². The summed E-state index contributed by atoms with van der Waals surface area (Å²) in [6.45, 7) is 5.68. The van der Waals surface area contributed by atoms with E-state index in [1.54, 1.807) is 12.1 Å². The first kappa shape index (κ1) is 24.7. The first-order valence-electron chi connectivity index (χ1n) is 8.98. The Balaban J connectivity index is 0.000000468. The van der Waals surface area contributed by atoms with Crippen LogP contribution >= 0.6 is 22.9 Å². The molecule has 0 aromatic carbocycles. The van der Waals surface area contributed by atoms with E-state index < -0.39 is 0 Å². The monoisotopic (exact) mass is 667 g/mol. The van der Waals surface area contributed by atoms with E-state index in [0.717, 1.165) is 22.9 Å². The van der Waals surface area contributed by atoms with Crippen LogP contribution in [0.3, 0.4) is 0 Å². The Hall–Kier alpha value is -1.53. The van der Waals surface area contributed by atoms with Crippen LogP contribution in [0.25, 0.3) is 11.1 Å². The van der Waals surface area contributed by atoms with Crippen molar-refractivity contribution in [2.24, 2.45) is 5.92 Å². The van der Waals surface area contributed by atoms with Crippen LogP contribution in [-0.2, 0) is 0 Å². The number of rotatable bonds is 4. The Morgan fingerprint density at radius 1 is 1.30 bits per heavy atom. The summed E-state index contributed by atoms with van der Waals surface area (Å²) in [4.78, 5) is 20.8. The molecular weight excluding hydrogens is 648 g/mol. The Labute approximate surface area is 208 Å². The number of pyridine rings is 2. The summed E-state index contributed by atoms with van der Waals surface area (Å²) < 4.78 is 5.34. The van der Waals surface area contributed by atoms with Gasteiger partial charge in [0.2, 0.25) is 5.91 Å². The molecule has 154 valence electrons. The van der Waals surface area contributed by atoms with E-state index in [9.17, 15) is 4.79 Å². The molecule has 1 aliphatic rings. The number of anilines is 1. The number of amides is 1. The molecule has 1 saturated carbocycles. The van der Waals surface area contributed by atoms with Crippen LogP contribution in [0.2, 0.25) is 5.15 Å². The van der Waals surface area contributed by atoms with E-state index in [4.69, 9.17) is 16.3 Å². The average Bonchev–Trinajstić information content (AvgIpc) is 3.19. The summed E-state index contributed by atoms with van der Waals surface area (Å²) in [5.74, 6) is 0.955. The molecule has 1 amide bonds. The van der Waals surface area contributed by atoms with Crippen molar-refractivity contribution in [3.05, 3.63) is 53.4 Å². The molecule has 1 N–H and O–H groups in total. The smallest absolute Gasteiger partial charge is 0.494 e. The minimum Gasteiger partial charge on any atom is -0.494 e. The molecule has 0 atom stereocenters. The van der Waals surface area contributed by atoms with Gasteiger partial charge in [-0.05, 0) is 19.1 Å². The zero-order valence-corrected chi connectivity index (χ0v) is 22.3. The second-order valence-corrected chi connectivity index (χ2v) is 7.69. The summed E-state index contributed by atoms with van der Waals surface area (Å²) in [6, 6.07) is 3.43. The van der Waals surface area contributed by atoms with Gasteiger partial charge in [-0.1, -0.05) is 36.4 Å². The van der Waals surface area contributed by atoms with Gasteiger partial charge >= 0.3 is 31.1 Å². The first-order chi connectivity index (χ1) is 14.0. The number of halogens is 1. The number of hydrogen-bond donors (Lipinski definition) is 1. The van der Waals surface area contributed by atoms with E-state index in [2.05, 4.69) is 37.9 Å². The summed E-state index contributed by atoms with van der Waals surface area (Å²) in [5.41, 5.74) is 4.96. The molecule has 1 fully saturated rings. The van der Waals surface area contributed by atoms with Crippen LogP contribution in [0, 0.1) is 56.4 Å². The molecule has 0 spiro atoms. The predicted octanol–water partition coefficient (Wildman–Crippen LogP) is 4.64. The van der Waals surface area contributed by atoms with Crippen molar-refractivity contribution in [3.8, 4) is 16.9 Å². The van der Waals surface area contributed by atoms with Gasteiger partial charge in [0, 0.05) is 23.0 Å². The van der Waals surface area contributed by atoms with Crippen molar-refractivity contribution in [1.29, 1.82) is 0 Å². The van der Waals surface area contributed by atoms with E-state index in [1.807, 2.05) is 6.92 Å². The maximum absolute atomic E-state index is 12.6. The number of aryl methyl sites for hydroxylation is 1. The molecule has 1 aliphatic carbocycles. The van der Waals surface area contributed by atoms with Crippen LogP contribution in [0.5, 0.6) is 5.75 Å². The molecule has 4 rings (SSSR count). The van der Waals surface area contributed by atoms with Crippen molar-refractivity contribution in [3.63, 3.8) is 0 Å². The van der Waals surface area contributed by atoms with Gasteiger partial charge in [-0.2, -0.15) is 5.92 Å². The zero-order valence-electron chi connectivity index (χ0n) is 16.6. The summed E-state index contributed by atoms with van der Waals surface area (Å²) in [6.07, 6.45) is 7.18. The summed E-state index contributed by atoms with van der Waals surface area (Å²) in [5, 5.41) is 10.6. The topological polar surface area (TPSA) is 89.9 Å². The van der Waals surface area contributed by atoms with Crippen molar-refractivity contribution >= 4 is 34.0 Å². The van der Waals surface area contributed by atoms with Crippen LogP contribution in [0.15, 0.2) is 24.5 Å². The number of aromatic nitrogens is 4. The van der Waals surface area contributed by atoms with E-state index in [-0.39, 0.29) is 37.0 Å². The van der Waals surface area contributed by atoms with Gasteiger partial charge in [0.25, 0.3) is 0 Å². The number of nitrogens with zero attached hydrogens (tertiary/aromatic N) is 4. The van der Waals surface area contributed by atoms with Crippen LogP contribution in [0.4, 0.5) is 5.13 Å². The van der Waals surface area contributed by atoms with Crippen LogP contribution < -0.4 is 10.1 Å². The molecule has 0 saturated heterocycles. The fraction of sp³-hybridized carbons (Fsp3) is 0.300. The van der Waals surface area contributed by atoms with Crippen molar-refractivity contribution in [2.75, 3.05) is 12.4 Å². The number of carbonyl (C=O) groups is 1. The molecule has 0 radical (unpaired) electrons. The van der Waals surface area contributed by atoms with E-state index in [0.29, 0.717) is 32.7 Å². The Morgan fingerprint density at radius 2 is 2.03 bits per heavy atom. The molecule has 0 unspecified atom stereocenters. The third-order valence-electron chi connectivity index (χ3n) is 4.40. The molecular formula is C20H20ClN5O2SU. The number of nitrogens with one attached hydrogen (secondary N) is 1. The SMILES string of the molecule is COc1cnc(Cl)cc1-c1cc(C)ncc1C(=O)Nc1nn[c-]s1.[CH2-]C1CCC1.[U+2]. The Bertz CT molecular complexity index is 983. The molecule has 3 aromatic heterocycles. The normalized spacial score (nSPS) is 12.7. The second-order valence-electron chi connectivity index (χ2n) is 6.53. The fourth-order valence-corrected chi connectivity index (χ4v) is 3.16. The molecule has 0 aliphatic heterocycles. The van der Waals surface area contributed by atoms with Crippen LogP contribution in [0.1, 0.15) is 35.3 Å². The number of carbonyl (C=O) groups excluding carboxylic acids is 1. The number of ether oxygens (including phenoxy) is 1. The fourth-order valence-electron chi connectivity index (χ4n) is 2.61. The zero-order chi connectivity index (χ0) is 20.8. The van der Waals surface area contributed by atoms with Gasteiger partial charge in [-0.3, -0.25) is 26.2 Å². The van der Waals surface area contributed by atoms with Crippen LogP contribution in [-0.4, -0.2) is 33.2 Å². The molecule has 0 bridgehead atoms. The van der Waals surface area contributed by atoms with Gasteiger partial charge in [0.05, 0.1) is 24.0 Å². The minimum absolute atomic E-state index is 0. The van der Waals surface area contributed by atoms with Crippen molar-refractivity contribution < 1.29 is 40.6 Å². The minimum atomic E-state index is -0.363. The summed E-state index contributed by atoms with van der Waals surface area (Å²) in [7, 11) is 1.53. The quantitative estimate of drug-likeness (QED) is 0.322. The van der Waals surface area contributed by atoms with Gasteiger partial charge in [-0.15, -0.1) is 0 Å². The van der Waals surface area contributed by atoms with Gasteiger partial charge in [0.15, 0.2) is 0 Å². The van der Waals surface area contributed by atoms with Gasteiger partial charge in [0.1, 0.15) is 10.9 Å². The van der Waals surface area contributed by atoms with Gasteiger partial charge < -0.3 is 17.0 Å². The Kier molecular flexibility index (Phi) is 9.69. The average molecular weight is 668 g/mol. The summed E-state index contributed by atoms with van der Waals surface area (Å²) >= 11 is 7.11. The standard InChI is InChI=1S/C15H11ClN5O2S.C5H9.U/c1-8-3-9(10-4-13(16)18-6-12(10)23-2)11(5-17-8)14(22)20-15-21-19-7-24-15;1-5-3-2-4-5;/h3-6H,1-2H3,(H,20,21,22);5H,1-4H2;/q2*-1;+2. The third-order valence-corrected chi connectivity index (χ3v) is 5.16. The molecule has 7 nitrogen and oxygen atoms in total. The third kappa shape index (κ3) is 6.48. The maximum Gasteiger partial charge on any atom is 2.00 e. The second kappa shape index (κ2) is 11.8. The largest absolute Gasteiger partial charge is 2.00 e.